The number of benzene rings is 1. The lowest BCUT2D eigenvalue weighted by Gasteiger charge is -2.29. The average molecular weight is 312 g/mol. The maximum absolute atomic E-state index is 10.4. The van der Waals surface area contributed by atoms with Crippen molar-refractivity contribution >= 4 is 17.5 Å². The SMILES string of the molecule is N#Cc1c(N)nc(N)nc1-c1ccc(N2CCOCC2)cc1O. The second-order valence-electron chi connectivity index (χ2n) is 5.10. The Morgan fingerprint density at radius 1 is 1.22 bits per heavy atom. The average Bonchev–Trinajstić information content (AvgIpc) is 2.55. The van der Waals surface area contributed by atoms with Crippen molar-refractivity contribution in [1.29, 1.82) is 5.26 Å². The molecule has 3 rings (SSSR count). The Kier molecular flexibility index (Phi) is 3.87. The fourth-order valence-electron chi connectivity index (χ4n) is 2.54. The van der Waals surface area contributed by atoms with Crippen LogP contribution >= 0.6 is 0 Å². The van der Waals surface area contributed by atoms with Crippen molar-refractivity contribution in [3.05, 3.63) is 23.8 Å². The normalized spacial score (nSPS) is 14.5. The van der Waals surface area contributed by atoms with Gasteiger partial charge in [-0.2, -0.15) is 10.2 Å². The third-order valence-corrected chi connectivity index (χ3v) is 3.68. The molecule has 1 aromatic carbocycles. The zero-order chi connectivity index (χ0) is 16.4. The van der Waals surface area contributed by atoms with Gasteiger partial charge in [-0.25, -0.2) is 4.98 Å². The Morgan fingerprint density at radius 2 is 1.96 bits per heavy atom. The van der Waals surface area contributed by atoms with Crippen LogP contribution in [-0.2, 0) is 4.74 Å². The van der Waals surface area contributed by atoms with Gasteiger partial charge in [0, 0.05) is 30.4 Å². The minimum atomic E-state index is -0.0480. The zero-order valence-electron chi connectivity index (χ0n) is 12.4. The Morgan fingerprint density at radius 3 is 2.61 bits per heavy atom. The third kappa shape index (κ3) is 2.82. The van der Waals surface area contributed by atoms with Crippen LogP contribution in [0.2, 0.25) is 0 Å². The van der Waals surface area contributed by atoms with Crippen molar-refractivity contribution in [3.8, 4) is 23.1 Å². The molecule has 0 unspecified atom stereocenters. The van der Waals surface area contributed by atoms with Crippen LogP contribution in [0, 0.1) is 11.3 Å². The summed E-state index contributed by atoms with van der Waals surface area (Å²) in [6.45, 7) is 2.82. The molecule has 0 amide bonds. The number of phenols is 1. The number of nitriles is 1. The number of hydrogen-bond acceptors (Lipinski definition) is 8. The van der Waals surface area contributed by atoms with E-state index in [9.17, 15) is 10.4 Å². The fourth-order valence-corrected chi connectivity index (χ4v) is 2.54. The summed E-state index contributed by atoms with van der Waals surface area (Å²) in [6, 6.07) is 7.14. The van der Waals surface area contributed by atoms with Crippen LogP contribution in [0.3, 0.4) is 0 Å². The number of ether oxygens (including phenoxy) is 1. The van der Waals surface area contributed by atoms with Gasteiger partial charge in [0.15, 0.2) is 0 Å². The van der Waals surface area contributed by atoms with Gasteiger partial charge >= 0.3 is 0 Å². The van der Waals surface area contributed by atoms with Crippen LogP contribution < -0.4 is 16.4 Å². The molecule has 0 bridgehead atoms. The number of hydrogen-bond donors (Lipinski definition) is 3. The lowest BCUT2D eigenvalue weighted by Crippen LogP contribution is -2.36. The molecule has 1 aliphatic heterocycles. The number of morpholine rings is 1. The van der Waals surface area contributed by atoms with E-state index in [0.717, 1.165) is 18.8 Å². The highest BCUT2D eigenvalue weighted by atomic mass is 16.5. The van der Waals surface area contributed by atoms with Crippen LogP contribution in [0.1, 0.15) is 5.56 Å². The van der Waals surface area contributed by atoms with E-state index in [4.69, 9.17) is 16.2 Å². The standard InChI is InChI=1S/C15H16N6O2/c16-8-11-13(19-15(18)20-14(11)17)10-2-1-9(7-12(10)22)21-3-5-23-6-4-21/h1-2,7,22H,3-6H2,(H4,17,18,19,20). The van der Waals surface area contributed by atoms with Crippen molar-refractivity contribution in [1.82, 2.24) is 9.97 Å². The summed E-state index contributed by atoms with van der Waals surface area (Å²) in [5, 5.41) is 19.6. The summed E-state index contributed by atoms with van der Waals surface area (Å²) < 4.78 is 5.32. The molecular formula is C15H16N6O2. The molecule has 1 saturated heterocycles. The number of phenolic OH excluding ortho intramolecular Hbond substituents is 1. The van der Waals surface area contributed by atoms with Gasteiger partial charge in [-0.05, 0) is 12.1 Å². The lowest BCUT2D eigenvalue weighted by molar-refractivity contribution is 0.122. The van der Waals surface area contributed by atoms with Gasteiger partial charge in [0.2, 0.25) is 5.95 Å². The molecule has 23 heavy (non-hydrogen) atoms. The second-order valence-corrected chi connectivity index (χ2v) is 5.10. The predicted molar refractivity (Wildman–Crippen MR) is 85.7 cm³/mol. The molecule has 1 aromatic heterocycles. The van der Waals surface area contributed by atoms with E-state index in [1.165, 1.54) is 0 Å². The van der Waals surface area contributed by atoms with E-state index in [-0.39, 0.29) is 28.8 Å². The molecule has 1 fully saturated rings. The van der Waals surface area contributed by atoms with Gasteiger partial charge < -0.3 is 26.2 Å². The smallest absolute Gasteiger partial charge is 0.222 e. The van der Waals surface area contributed by atoms with Crippen LogP contribution in [0.4, 0.5) is 17.5 Å². The van der Waals surface area contributed by atoms with Crippen molar-refractivity contribution in [2.75, 3.05) is 42.7 Å². The first kappa shape index (κ1) is 14.9. The maximum Gasteiger partial charge on any atom is 0.222 e. The van der Waals surface area contributed by atoms with E-state index in [1.54, 1.807) is 12.1 Å². The van der Waals surface area contributed by atoms with Crippen molar-refractivity contribution in [3.63, 3.8) is 0 Å². The minimum absolute atomic E-state index is 0.00277. The predicted octanol–water partition coefficient (Wildman–Crippen LogP) is 0.722. The first-order valence-corrected chi connectivity index (χ1v) is 7.09. The number of nitrogen functional groups attached to an aromatic ring is 2. The molecule has 0 atom stereocenters. The Balaban J connectivity index is 2.03. The van der Waals surface area contributed by atoms with Crippen molar-refractivity contribution in [2.24, 2.45) is 0 Å². The van der Waals surface area contributed by atoms with Crippen molar-refractivity contribution in [2.45, 2.75) is 0 Å². The Labute approximate surface area is 132 Å². The van der Waals surface area contributed by atoms with Crippen LogP contribution in [-0.4, -0.2) is 41.4 Å². The number of nitrogens with zero attached hydrogens (tertiary/aromatic N) is 4. The van der Waals surface area contributed by atoms with Gasteiger partial charge in [0.05, 0.1) is 18.9 Å². The zero-order valence-corrected chi connectivity index (χ0v) is 12.4. The van der Waals surface area contributed by atoms with E-state index in [1.807, 2.05) is 12.1 Å². The second kappa shape index (κ2) is 5.98. The number of anilines is 3. The molecule has 0 radical (unpaired) electrons. The first-order chi connectivity index (χ1) is 11.1. The summed E-state index contributed by atoms with van der Waals surface area (Å²) in [5.41, 5.74) is 12.9. The Hall–Kier alpha value is -3.05. The Bertz CT molecular complexity index is 780. The highest BCUT2D eigenvalue weighted by molar-refractivity contribution is 5.78. The summed E-state index contributed by atoms with van der Waals surface area (Å²) in [6.07, 6.45) is 0. The monoisotopic (exact) mass is 312 g/mol. The molecule has 0 aliphatic carbocycles. The van der Waals surface area contributed by atoms with E-state index >= 15 is 0 Å². The summed E-state index contributed by atoms with van der Waals surface area (Å²) >= 11 is 0. The first-order valence-electron chi connectivity index (χ1n) is 7.09. The molecule has 0 spiro atoms. The topological polar surface area (TPSA) is 134 Å². The molecular weight excluding hydrogens is 296 g/mol. The summed E-state index contributed by atoms with van der Waals surface area (Å²) in [7, 11) is 0. The number of nitrogens with two attached hydrogens (primary N) is 2. The molecule has 0 saturated carbocycles. The van der Waals surface area contributed by atoms with Crippen molar-refractivity contribution < 1.29 is 9.84 Å². The molecule has 8 nitrogen and oxygen atoms in total. The quantitative estimate of drug-likeness (QED) is 0.738. The number of rotatable bonds is 2. The van der Waals surface area contributed by atoms with Crippen LogP contribution in [0.15, 0.2) is 18.2 Å². The van der Waals surface area contributed by atoms with Gasteiger partial charge in [0.25, 0.3) is 0 Å². The maximum atomic E-state index is 10.4. The van der Waals surface area contributed by atoms with Crippen LogP contribution in [0.5, 0.6) is 5.75 Å². The lowest BCUT2D eigenvalue weighted by atomic mass is 10.0. The fraction of sp³-hybridized carbons (Fsp3) is 0.267. The molecule has 5 N–H and O–H groups in total. The summed E-state index contributed by atoms with van der Waals surface area (Å²) in [4.78, 5) is 9.93. The summed E-state index contributed by atoms with van der Waals surface area (Å²) in [5.74, 6) is -0.0530. The molecule has 2 aromatic rings. The third-order valence-electron chi connectivity index (χ3n) is 3.68. The molecule has 8 heteroatoms. The highest BCUT2D eigenvalue weighted by Gasteiger charge is 2.18. The molecule has 118 valence electrons. The van der Waals surface area contributed by atoms with Gasteiger partial charge in [0.1, 0.15) is 23.2 Å². The minimum Gasteiger partial charge on any atom is -0.507 e. The van der Waals surface area contributed by atoms with Crippen LogP contribution in [0.25, 0.3) is 11.3 Å². The van der Waals surface area contributed by atoms with E-state index < -0.39 is 0 Å². The van der Waals surface area contributed by atoms with Gasteiger partial charge in [-0.15, -0.1) is 0 Å². The van der Waals surface area contributed by atoms with E-state index in [2.05, 4.69) is 14.9 Å². The molecule has 2 heterocycles. The molecule has 1 aliphatic rings. The van der Waals surface area contributed by atoms with Gasteiger partial charge in [-0.1, -0.05) is 0 Å². The van der Waals surface area contributed by atoms with E-state index in [0.29, 0.717) is 18.8 Å². The van der Waals surface area contributed by atoms with Gasteiger partial charge in [-0.3, -0.25) is 0 Å². The number of aromatic hydroxyl groups is 1. The number of aromatic nitrogens is 2. The largest absolute Gasteiger partial charge is 0.507 e. The highest BCUT2D eigenvalue weighted by Crippen LogP contribution is 2.35.